The maximum atomic E-state index is 14.3. The van der Waals surface area contributed by atoms with E-state index in [0.717, 1.165) is 36.9 Å². The molecule has 0 saturated carbocycles. The summed E-state index contributed by atoms with van der Waals surface area (Å²) in [5.74, 6) is -2.48. The highest BCUT2D eigenvalue weighted by Crippen LogP contribution is 2.47. The van der Waals surface area contributed by atoms with Crippen LogP contribution in [0.2, 0.25) is 0 Å². The summed E-state index contributed by atoms with van der Waals surface area (Å²) in [6.07, 6.45) is -2.01. The maximum Gasteiger partial charge on any atom is 0.424 e. The van der Waals surface area contributed by atoms with Crippen molar-refractivity contribution in [1.82, 2.24) is 20.3 Å². The Morgan fingerprint density at radius 1 is 1.19 bits per heavy atom. The predicted octanol–water partition coefficient (Wildman–Crippen LogP) is 1.99. The summed E-state index contributed by atoms with van der Waals surface area (Å²) >= 11 is 0. The molecule has 0 radical (unpaired) electrons. The highest BCUT2D eigenvalue weighted by atomic mass is 19.4. The van der Waals surface area contributed by atoms with Gasteiger partial charge in [0.25, 0.3) is 5.91 Å². The van der Waals surface area contributed by atoms with Gasteiger partial charge in [0.1, 0.15) is 35.6 Å². The van der Waals surface area contributed by atoms with Crippen molar-refractivity contribution in [3.63, 3.8) is 0 Å². The van der Waals surface area contributed by atoms with Gasteiger partial charge in [-0.25, -0.2) is 19.3 Å². The van der Waals surface area contributed by atoms with Crippen LogP contribution in [-0.2, 0) is 15.8 Å². The number of nitrogens with one attached hydrogen (secondary N) is 1. The number of primary amides is 1. The SMILES string of the molecule is C[C@]1(C(N)=O)COc2c1cc(C(O)(CNC(=O)c1cncnc1)C(F)(F)F)nc2-c1ccc(F)cc1. The fraction of sp³-hybridized carbons (Fsp3) is 0.261. The first-order chi connectivity index (χ1) is 16.9. The Morgan fingerprint density at radius 3 is 2.42 bits per heavy atom. The van der Waals surface area contributed by atoms with Crippen LogP contribution in [-0.4, -0.2) is 51.2 Å². The third-order valence-electron chi connectivity index (χ3n) is 5.95. The average Bonchev–Trinajstić information content (AvgIpc) is 3.20. The number of carbonyl (C=O) groups is 2. The Bertz CT molecular complexity index is 1320. The zero-order valence-corrected chi connectivity index (χ0v) is 18.6. The lowest BCUT2D eigenvalue weighted by Crippen LogP contribution is -2.51. The smallest absolute Gasteiger partial charge is 0.424 e. The highest BCUT2D eigenvalue weighted by molar-refractivity contribution is 5.93. The van der Waals surface area contributed by atoms with Crippen molar-refractivity contribution in [2.45, 2.75) is 24.1 Å². The molecule has 188 valence electrons. The third-order valence-corrected chi connectivity index (χ3v) is 5.95. The summed E-state index contributed by atoms with van der Waals surface area (Å²) in [4.78, 5) is 35.8. The molecule has 1 aliphatic heterocycles. The number of aliphatic hydroxyl groups is 1. The van der Waals surface area contributed by atoms with Crippen molar-refractivity contribution in [2.24, 2.45) is 5.73 Å². The van der Waals surface area contributed by atoms with Crippen molar-refractivity contribution < 1.29 is 37.0 Å². The lowest BCUT2D eigenvalue weighted by molar-refractivity contribution is -0.265. The maximum absolute atomic E-state index is 14.3. The molecule has 0 aliphatic carbocycles. The average molecular weight is 505 g/mol. The molecule has 3 heterocycles. The molecular weight excluding hydrogens is 486 g/mol. The van der Waals surface area contributed by atoms with Gasteiger partial charge in [-0.05, 0) is 37.3 Å². The minimum Gasteiger partial charge on any atom is -0.489 e. The Labute approximate surface area is 201 Å². The number of hydrogen-bond acceptors (Lipinski definition) is 7. The summed E-state index contributed by atoms with van der Waals surface area (Å²) in [5.41, 5.74) is -0.808. The van der Waals surface area contributed by atoms with Crippen LogP contribution in [0.3, 0.4) is 0 Å². The molecule has 2 aromatic heterocycles. The van der Waals surface area contributed by atoms with Gasteiger partial charge >= 0.3 is 6.18 Å². The van der Waals surface area contributed by atoms with Gasteiger partial charge in [-0.1, -0.05) is 0 Å². The van der Waals surface area contributed by atoms with Crippen molar-refractivity contribution in [2.75, 3.05) is 13.2 Å². The zero-order valence-electron chi connectivity index (χ0n) is 18.6. The number of fused-ring (bicyclic) bond motifs is 1. The number of pyridine rings is 1. The first kappa shape index (κ1) is 25.0. The summed E-state index contributed by atoms with van der Waals surface area (Å²) in [6, 6.07) is 5.53. The van der Waals surface area contributed by atoms with Crippen LogP contribution >= 0.6 is 0 Å². The normalized spacial score (nSPS) is 18.6. The largest absolute Gasteiger partial charge is 0.489 e. The monoisotopic (exact) mass is 505 g/mol. The predicted molar refractivity (Wildman–Crippen MR) is 116 cm³/mol. The van der Waals surface area contributed by atoms with Crippen molar-refractivity contribution in [1.29, 1.82) is 0 Å². The molecule has 1 aliphatic rings. The number of ether oxygens (including phenoxy) is 1. The number of hydrogen-bond donors (Lipinski definition) is 3. The van der Waals surface area contributed by atoms with E-state index in [1.54, 1.807) is 0 Å². The summed E-state index contributed by atoms with van der Waals surface area (Å²) in [6.45, 7) is -0.234. The highest BCUT2D eigenvalue weighted by Gasteiger charge is 2.57. The molecule has 13 heteroatoms. The number of alkyl halides is 3. The first-order valence-corrected chi connectivity index (χ1v) is 10.4. The Hall–Kier alpha value is -4.13. The van der Waals surface area contributed by atoms with Crippen LogP contribution in [0.15, 0.2) is 49.1 Å². The molecule has 1 unspecified atom stereocenters. The van der Waals surface area contributed by atoms with Crippen LogP contribution in [0.25, 0.3) is 11.3 Å². The molecule has 4 rings (SSSR count). The fourth-order valence-corrected chi connectivity index (χ4v) is 3.67. The van der Waals surface area contributed by atoms with Crippen LogP contribution in [0.5, 0.6) is 5.75 Å². The second kappa shape index (κ2) is 8.82. The van der Waals surface area contributed by atoms with Gasteiger partial charge in [0, 0.05) is 23.5 Å². The minimum atomic E-state index is -5.32. The number of halogens is 4. The molecule has 9 nitrogen and oxygen atoms in total. The lowest BCUT2D eigenvalue weighted by atomic mass is 9.81. The standard InChI is InChI=1S/C23H19F4N5O4/c1-21(20(28)34)10-36-18-15(21)6-16(32-17(18)12-2-4-14(24)5-3-12)22(35,23(25,26)27)9-31-19(33)13-7-29-11-30-8-13/h2-8,11,35H,9-10H2,1H3,(H2,28,34)(H,31,33)/t21-,22?/m0/s1. The number of benzene rings is 1. The van der Waals surface area contributed by atoms with Gasteiger partial charge in [0.05, 0.1) is 17.8 Å². The van der Waals surface area contributed by atoms with E-state index in [1.165, 1.54) is 19.1 Å². The number of rotatable bonds is 6. The van der Waals surface area contributed by atoms with Crippen molar-refractivity contribution in [3.05, 3.63) is 71.7 Å². The van der Waals surface area contributed by atoms with Gasteiger partial charge in [-0.15, -0.1) is 0 Å². The first-order valence-electron chi connectivity index (χ1n) is 10.4. The minimum absolute atomic E-state index is 0.0262. The van der Waals surface area contributed by atoms with Gasteiger partial charge in [-0.2, -0.15) is 13.2 Å². The van der Waals surface area contributed by atoms with Crippen molar-refractivity contribution >= 4 is 11.8 Å². The molecule has 4 N–H and O–H groups in total. The number of nitrogens with two attached hydrogens (primary N) is 1. The van der Waals surface area contributed by atoms with Crippen LogP contribution < -0.4 is 15.8 Å². The second-order valence-corrected chi connectivity index (χ2v) is 8.39. The van der Waals surface area contributed by atoms with E-state index in [0.29, 0.717) is 0 Å². The molecule has 0 bridgehead atoms. The molecule has 2 amide bonds. The van der Waals surface area contributed by atoms with Gasteiger partial charge in [0.15, 0.2) is 0 Å². The molecule has 3 aromatic rings. The van der Waals surface area contributed by atoms with E-state index in [9.17, 15) is 32.3 Å². The van der Waals surface area contributed by atoms with Crippen LogP contribution in [0.4, 0.5) is 17.6 Å². The molecule has 0 fully saturated rings. The van der Waals surface area contributed by atoms with Crippen LogP contribution in [0, 0.1) is 5.82 Å². The molecule has 1 aromatic carbocycles. The lowest BCUT2D eigenvalue weighted by Gasteiger charge is -2.31. The van der Waals surface area contributed by atoms with E-state index < -0.39 is 47.1 Å². The Morgan fingerprint density at radius 2 is 1.83 bits per heavy atom. The third kappa shape index (κ3) is 4.21. The molecular formula is C23H19F4N5O4. The molecule has 0 saturated heterocycles. The van der Waals surface area contributed by atoms with E-state index in [1.807, 2.05) is 5.32 Å². The fourth-order valence-electron chi connectivity index (χ4n) is 3.67. The van der Waals surface area contributed by atoms with E-state index in [2.05, 4.69) is 15.0 Å². The molecule has 36 heavy (non-hydrogen) atoms. The van der Waals surface area contributed by atoms with Gasteiger partial charge in [0.2, 0.25) is 11.5 Å². The van der Waals surface area contributed by atoms with E-state index >= 15 is 0 Å². The number of nitrogens with zero attached hydrogens (tertiary/aromatic N) is 3. The number of amides is 2. The van der Waals surface area contributed by atoms with Gasteiger partial charge < -0.3 is 20.9 Å². The zero-order chi connectivity index (χ0) is 26.3. The van der Waals surface area contributed by atoms with Gasteiger partial charge in [-0.3, -0.25) is 9.59 Å². The summed E-state index contributed by atoms with van der Waals surface area (Å²) < 4.78 is 62.0. The van der Waals surface area contributed by atoms with Crippen molar-refractivity contribution in [3.8, 4) is 17.0 Å². The summed E-state index contributed by atoms with van der Waals surface area (Å²) in [5, 5.41) is 12.9. The Kier molecular flexibility index (Phi) is 6.12. The number of carbonyl (C=O) groups excluding carboxylic acids is 2. The topological polar surface area (TPSA) is 140 Å². The quantitative estimate of drug-likeness (QED) is 0.435. The Balaban J connectivity index is 1.86. The summed E-state index contributed by atoms with van der Waals surface area (Å²) in [7, 11) is 0. The molecule has 0 spiro atoms. The second-order valence-electron chi connectivity index (χ2n) is 8.39. The molecule has 2 atom stereocenters. The van der Waals surface area contributed by atoms with E-state index in [-0.39, 0.29) is 34.7 Å². The van der Waals surface area contributed by atoms with Crippen LogP contribution in [0.1, 0.15) is 28.5 Å². The number of aromatic nitrogens is 3. The van der Waals surface area contributed by atoms with E-state index in [4.69, 9.17) is 10.5 Å².